The summed E-state index contributed by atoms with van der Waals surface area (Å²) in [5.41, 5.74) is -0.366. The van der Waals surface area contributed by atoms with Crippen LogP contribution in [0.5, 0.6) is 0 Å². The summed E-state index contributed by atoms with van der Waals surface area (Å²) < 4.78 is 4.89. The Morgan fingerprint density at radius 2 is 1.83 bits per heavy atom. The maximum Gasteiger partial charge on any atom is 0.306 e. The Morgan fingerprint density at radius 1 is 1.50 bits per heavy atom. The summed E-state index contributed by atoms with van der Waals surface area (Å²) in [5.74, 6) is -0.248. The molecule has 0 aromatic heterocycles. The summed E-state index contributed by atoms with van der Waals surface area (Å²) in [6, 6.07) is 0. The zero-order valence-electron chi connectivity index (χ0n) is 7.69. The van der Waals surface area contributed by atoms with Crippen LogP contribution >= 0.6 is 27.2 Å². The zero-order chi connectivity index (χ0) is 10.2. The molecule has 0 unspecified atom stereocenters. The predicted octanol–water partition coefficient (Wildman–Crippen LogP) is 3.24. The minimum Gasteiger partial charge on any atom is -0.460 e. The average Bonchev–Trinajstić information content (AvgIpc) is 1.86. The van der Waals surface area contributed by atoms with E-state index in [0.717, 1.165) is 0 Å². The third-order valence-electron chi connectivity index (χ3n) is 0.624. The smallest absolute Gasteiger partial charge is 0.306 e. The number of esters is 1. The first-order valence-corrected chi connectivity index (χ1v) is 17.4. The van der Waals surface area contributed by atoms with Crippen molar-refractivity contribution in [1.82, 2.24) is 0 Å². The van der Waals surface area contributed by atoms with Crippen LogP contribution in [0.25, 0.3) is 0 Å². The van der Waals surface area contributed by atoms with Crippen LogP contribution in [0.1, 0.15) is 27.2 Å². The Labute approximate surface area is 95.1 Å². The Hall–Kier alpha value is 1.05. The largest absolute Gasteiger partial charge is 0.460 e. The van der Waals surface area contributed by atoms with Crippen molar-refractivity contribution in [3.05, 3.63) is 6.92 Å². The molecule has 69 valence electrons. The Kier molecular flexibility index (Phi) is 11.2. The first-order valence-electron chi connectivity index (χ1n) is 3.50. The van der Waals surface area contributed by atoms with Crippen LogP contribution in [-0.4, -0.2) is 11.6 Å². The molecule has 12 heavy (non-hydrogen) atoms. The predicted molar refractivity (Wildman–Crippen MR) is 53.7 cm³/mol. The van der Waals surface area contributed by atoms with Crippen molar-refractivity contribution >= 4 is 33.2 Å². The van der Waals surface area contributed by atoms with Gasteiger partial charge in [-0.1, -0.05) is 0 Å². The van der Waals surface area contributed by atoms with Gasteiger partial charge in [0.1, 0.15) is 5.60 Å². The van der Waals surface area contributed by atoms with E-state index in [0.29, 0.717) is 0 Å². The van der Waals surface area contributed by atoms with Gasteiger partial charge in [-0.15, -0.1) is 0 Å². The molecule has 0 rings (SSSR count). The number of hydrogen-bond acceptors (Lipinski definition) is 2. The number of ether oxygens (including phenoxy) is 1. The van der Waals surface area contributed by atoms with Crippen molar-refractivity contribution in [2.75, 3.05) is 0 Å². The Morgan fingerprint density at radius 3 is 1.92 bits per heavy atom. The SMILES string of the molecule is [Br][Zn][Br].[CH2]CC(=O)OC(C)(C)C. The molecule has 0 spiro atoms. The molecule has 0 fully saturated rings. The molecule has 0 saturated heterocycles. The van der Waals surface area contributed by atoms with Gasteiger partial charge in [-0.25, -0.2) is 0 Å². The van der Waals surface area contributed by atoms with Crippen LogP contribution in [0.4, 0.5) is 0 Å². The third kappa shape index (κ3) is 17.2. The van der Waals surface area contributed by atoms with Crippen LogP contribution in [0.2, 0.25) is 0 Å². The van der Waals surface area contributed by atoms with E-state index in [1.807, 2.05) is 20.8 Å². The fraction of sp³-hybridized carbons (Fsp3) is 0.714. The summed E-state index contributed by atoms with van der Waals surface area (Å²) in [5, 5.41) is 0. The van der Waals surface area contributed by atoms with Gasteiger partial charge < -0.3 is 4.74 Å². The molecule has 0 aliphatic rings. The van der Waals surface area contributed by atoms with Crippen molar-refractivity contribution in [1.29, 1.82) is 0 Å². The van der Waals surface area contributed by atoms with Gasteiger partial charge in [0.05, 0.1) is 0 Å². The van der Waals surface area contributed by atoms with E-state index in [1.54, 1.807) is 0 Å². The average molecular weight is 354 g/mol. The van der Waals surface area contributed by atoms with Crippen molar-refractivity contribution in [2.45, 2.75) is 32.8 Å². The normalized spacial score (nSPS) is 9.17. The molecule has 0 aliphatic heterocycles. The number of carbonyl (C=O) groups excluding carboxylic acids is 1. The first-order chi connectivity index (χ1) is 5.37. The van der Waals surface area contributed by atoms with E-state index in [2.05, 4.69) is 34.2 Å². The molecule has 1 radical (unpaired) electrons. The molecule has 0 amide bonds. The molecule has 0 aromatic carbocycles. The van der Waals surface area contributed by atoms with Crippen LogP contribution in [0, 0.1) is 6.92 Å². The molecule has 0 aromatic rings. The molecule has 0 bridgehead atoms. The number of halogens is 2. The molecule has 0 N–H and O–H groups in total. The second-order valence-electron chi connectivity index (χ2n) is 2.94. The second kappa shape index (κ2) is 8.64. The molecule has 0 saturated carbocycles. The molecule has 0 atom stereocenters. The molecule has 0 heterocycles. The van der Waals surface area contributed by atoms with Gasteiger partial charge in [-0.05, 0) is 27.7 Å². The fourth-order valence-electron chi connectivity index (χ4n) is 0.393. The van der Waals surface area contributed by atoms with E-state index >= 15 is 0 Å². The standard InChI is InChI=1S/C7H13O2.2BrH.Zn/c1-5-6(8)9-7(2,3)4;;;/h1,5H2,2-4H3;2*1H;/q;;;+2/p-2. The van der Waals surface area contributed by atoms with Crippen LogP contribution < -0.4 is 0 Å². The van der Waals surface area contributed by atoms with E-state index < -0.39 is 0 Å². The Bertz CT molecular complexity index is 123. The zero-order valence-corrected chi connectivity index (χ0v) is 13.8. The molecular weight excluding hydrogens is 341 g/mol. The van der Waals surface area contributed by atoms with Gasteiger partial charge in [0, 0.05) is 6.42 Å². The summed E-state index contributed by atoms with van der Waals surface area (Å²) in [7, 11) is 0. The number of hydrogen-bond donors (Lipinski definition) is 0. The first kappa shape index (κ1) is 15.5. The quantitative estimate of drug-likeness (QED) is 0.534. The summed E-state index contributed by atoms with van der Waals surface area (Å²) in [4.78, 5) is 10.5. The molecule has 2 nitrogen and oxygen atoms in total. The van der Waals surface area contributed by atoms with Crippen molar-refractivity contribution in [3.8, 4) is 0 Å². The maximum atomic E-state index is 10.5. The van der Waals surface area contributed by atoms with Gasteiger partial charge in [-0.2, -0.15) is 0 Å². The Balaban J connectivity index is 0. The van der Waals surface area contributed by atoms with Crippen LogP contribution in [0.3, 0.4) is 0 Å². The summed E-state index contributed by atoms with van der Waals surface area (Å²) in [6.45, 7) is 8.90. The summed E-state index contributed by atoms with van der Waals surface area (Å²) >= 11 is 6.25. The van der Waals surface area contributed by atoms with Gasteiger partial charge in [-0.3, -0.25) is 4.79 Å². The van der Waals surface area contributed by atoms with Crippen molar-refractivity contribution in [2.24, 2.45) is 0 Å². The van der Waals surface area contributed by atoms with E-state index in [1.165, 1.54) is 0 Å². The van der Waals surface area contributed by atoms with Gasteiger partial charge in [0.15, 0.2) is 0 Å². The van der Waals surface area contributed by atoms with Gasteiger partial charge in [0.25, 0.3) is 0 Å². The molecule has 5 heteroatoms. The topological polar surface area (TPSA) is 26.3 Å². The van der Waals surface area contributed by atoms with E-state index in [-0.39, 0.29) is 31.2 Å². The fourth-order valence-corrected chi connectivity index (χ4v) is 0.393. The second-order valence-corrected chi connectivity index (χ2v) is 17.0. The third-order valence-corrected chi connectivity index (χ3v) is 0.624. The van der Waals surface area contributed by atoms with E-state index in [9.17, 15) is 4.79 Å². The maximum absolute atomic E-state index is 10.5. The number of rotatable bonds is 1. The van der Waals surface area contributed by atoms with Gasteiger partial charge in [0.2, 0.25) is 0 Å². The van der Waals surface area contributed by atoms with Crippen molar-refractivity contribution < 1.29 is 22.7 Å². The minimum absolute atomic E-state index is 0.206. The minimum atomic E-state index is -0.366. The van der Waals surface area contributed by atoms with Crippen molar-refractivity contribution in [3.63, 3.8) is 0 Å². The monoisotopic (exact) mass is 351 g/mol. The summed E-state index contributed by atoms with van der Waals surface area (Å²) in [6.07, 6.45) is 0.206. The number of carbonyl (C=O) groups is 1. The van der Waals surface area contributed by atoms with Crippen LogP contribution in [0.15, 0.2) is 0 Å². The molecule has 0 aliphatic carbocycles. The van der Waals surface area contributed by atoms with E-state index in [4.69, 9.17) is 4.74 Å². The van der Waals surface area contributed by atoms with Gasteiger partial charge >= 0.3 is 46.4 Å². The molecular formula is C7H13Br2O2Zn. The van der Waals surface area contributed by atoms with Crippen LogP contribution in [-0.2, 0) is 22.7 Å².